The molecule has 94 valence electrons. The highest BCUT2D eigenvalue weighted by Gasteiger charge is 2.42. The molecule has 2 heterocycles. The van der Waals surface area contributed by atoms with E-state index in [9.17, 15) is 0 Å². The normalized spacial score (nSPS) is 36.8. The predicted octanol–water partition coefficient (Wildman–Crippen LogP) is 1.96. The third-order valence-electron chi connectivity index (χ3n) is 4.14. The molecule has 0 amide bonds. The van der Waals surface area contributed by atoms with Gasteiger partial charge in [-0.15, -0.1) is 0 Å². The number of hydrogen-bond acceptors (Lipinski definition) is 3. The van der Waals surface area contributed by atoms with Crippen LogP contribution in [0.15, 0.2) is 0 Å². The first-order chi connectivity index (χ1) is 7.79. The Bertz CT molecular complexity index is 214. The first-order valence-corrected chi connectivity index (χ1v) is 6.68. The Morgan fingerprint density at radius 1 is 1.44 bits per heavy atom. The maximum Gasteiger partial charge on any atom is 0.0939 e. The van der Waals surface area contributed by atoms with E-state index in [1.807, 2.05) is 0 Å². The zero-order valence-electron chi connectivity index (χ0n) is 10.6. The Morgan fingerprint density at radius 3 is 2.94 bits per heavy atom. The molecule has 0 saturated carbocycles. The number of hydrogen-bond donors (Lipinski definition) is 1. The minimum Gasteiger partial charge on any atom is -0.378 e. The Kier molecular flexibility index (Phi) is 4.22. The lowest BCUT2D eigenvalue weighted by Crippen LogP contribution is -2.46. The molecule has 1 spiro atoms. The molecule has 0 aromatic heterocycles. The summed E-state index contributed by atoms with van der Waals surface area (Å²) in [5.74, 6) is 0.764. The van der Waals surface area contributed by atoms with Crippen molar-refractivity contribution in [1.29, 1.82) is 0 Å². The van der Waals surface area contributed by atoms with Gasteiger partial charge in [0.15, 0.2) is 0 Å². The van der Waals surface area contributed by atoms with Crippen molar-refractivity contribution >= 4 is 0 Å². The van der Waals surface area contributed by atoms with Gasteiger partial charge in [-0.3, -0.25) is 0 Å². The predicted molar refractivity (Wildman–Crippen MR) is 64.6 cm³/mol. The molecule has 0 aromatic rings. The van der Waals surface area contributed by atoms with Crippen molar-refractivity contribution in [2.45, 2.75) is 50.7 Å². The van der Waals surface area contributed by atoms with Gasteiger partial charge in [0.05, 0.1) is 12.2 Å². The molecule has 2 rings (SSSR count). The molecule has 2 saturated heterocycles. The number of nitrogens with one attached hydrogen (secondary N) is 1. The van der Waals surface area contributed by atoms with E-state index in [2.05, 4.69) is 19.3 Å². The van der Waals surface area contributed by atoms with Crippen LogP contribution in [-0.4, -0.2) is 38.5 Å². The summed E-state index contributed by atoms with van der Waals surface area (Å²) in [6, 6.07) is 0.659. The van der Waals surface area contributed by atoms with Crippen LogP contribution in [0, 0.1) is 5.92 Å². The Balaban J connectivity index is 1.94. The third-order valence-corrected chi connectivity index (χ3v) is 4.14. The number of rotatable bonds is 4. The topological polar surface area (TPSA) is 30.5 Å². The molecule has 3 unspecified atom stereocenters. The Morgan fingerprint density at radius 2 is 2.31 bits per heavy atom. The molecule has 1 N–H and O–H groups in total. The van der Waals surface area contributed by atoms with Gasteiger partial charge < -0.3 is 14.8 Å². The van der Waals surface area contributed by atoms with Gasteiger partial charge in [0.2, 0.25) is 0 Å². The van der Waals surface area contributed by atoms with Gasteiger partial charge in [-0.25, -0.2) is 0 Å². The quantitative estimate of drug-likeness (QED) is 0.796. The fraction of sp³-hybridized carbons (Fsp3) is 1.00. The van der Waals surface area contributed by atoms with E-state index in [0.717, 1.165) is 32.2 Å². The van der Waals surface area contributed by atoms with Crippen molar-refractivity contribution in [3.63, 3.8) is 0 Å². The molecule has 2 aliphatic heterocycles. The molecule has 3 heteroatoms. The van der Waals surface area contributed by atoms with Crippen molar-refractivity contribution in [2.75, 3.05) is 26.9 Å². The monoisotopic (exact) mass is 227 g/mol. The van der Waals surface area contributed by atoms with Crippen LogP contribution in [0.4, 0.5) is 0 Å². The molecule has 0 bridgehead atoms. The van der Waals surface area contributed by atoms with E-state index in [1.165, 1.54) is 25.7 Å². The molecule has 0 radical (unpaired) electrons. The van der Waals surface area contributed by atoms with E-state index >= 15 is 0 Å². The first-order valence-electron chi connectivity index (χ1n) is 6.68. The zero-order chi connectivity index (χ0) is 11.4. The largest absolute Gasteiger partial charge is 0.378 e. The molecule has 0 aromatic carbocycles. The summed E-state index contributed by atoms with van der Waals surface area (Å²) < 4.78 is 11.5. The van der Waals surface area contributed by atoms with Gasteiger partial charge in [-0.2, -0.15) is 0 Å². The SMILES string of the molecule is CCCC(NC)C1CCOC2(CCOC2)C1. The summed E-state index contributed by atoms with van der Waals surface area (Å²) in [5.41, 5.74) is 0.0613. The van der Waals surface area contributed by atoms with Gasteiger partial charge in [-0.05, 0) is 32.2 Å². The Hall–Kier alpha value is -0.120. The second kappa shape index (κ2) is 5.48. The van der Waals surface area contributed by atoms with Crippen molar-refractivity contribution in [3.05, 3.63) is 0 Å². The van der Waals surface area contributed by atoms with Crippen LogP contribution in [0.3, 0.4) is 0 Å². The molecule has 16 heavy (non-hydrogen) atoms. The van der Waals surface area contributed by atoms with Gasteiger partial charge in [0.1, 0.15) is 0 Å². The molecule has 3 nitrogen and oxygen atoms in total. The molecule has 2 aliphatic rings. The molecule has 3 atom stereocenters. The van der Waals surface area contributed by atoms with Crippen molar-refractivity contribution < 1.29 is 9.47 Å². The highest BCUT2D eigenvalue weighted by atomic mass is 16.6. The molecular formula is C13H25NO2. The van der Waals surface area contributed by atoms with E-state index in [1.54, 1.807) is 0 Å². The summed E-state index contributed by atoms with van der Waals surface area (Å²) >= 11 is 0. The van der Waals surface area contributed by atoms with Crippen LogP contribution < -0.4 is 5.32 Å². The average Bonchev–Trinajstić information content (AvgIpc) is 2.74. The highest BCUT2D eigenvalue weighted by Crippen LogP contribution is 2.37. The molecule has 2 fully saturated rings. The number of ether oxygens (including phenoxy) is 2. The fourth-order valence-electron chi connectivity index (χ4n) is 3.20. The summed E-state index contributed by atoms with van der Waals surface area (Å²) in [5, 5.41) is 3.48. The van der Waals surface area contributed by atoms with E-state index < -0.39 is 0 Å². The van der Waals surface area contributed by atoms with Crippen LogP contribution in [0.5, 0.6) is 0 Å². The smallest absolute Gasteiger partial charge is 0.0939 e. The lowest BCUT2D eigenvalue weighted by molar-refractivity contribution is -0.103. The second-order valence-electron chi connectivity index (χ2n) is 5.27. The van der Waals surface area contributed by atoms with Crippen molar-refractivity contribution in [2.24, 2.45) is 5.92 Å². The summed E-state index contributed by atoms with van der Waals surface area (Å²) in [7, 11) is 2.09. The van der Waals surface area contributed by atoms with Crippen LogP contribution in [0.1, 0.15) is 39.0 Å². The van der Waals surface area contributed by atoms with Crippen LogP contribution in [0.25, 0.3) is 0 Å². The minimum absolute atomic E-state index is 0.0613. The van der Waals surface area contributed by atoms with Gasteiger partial charge in [0.25, 0.3) is 0 Å². The van der Waals surface area contributed by atoms with E-state index in [4.69, 9.17) is 9.47 Å². The lowest BCUT2D eigenvalue weighted by Gasteiger charge is -2.40. The lowest BCUT2D eigenvalue weighted by atomic mass is 9.80. The minimum atomic E-state index is 0.0613. The fourth-order valence-corrected chi connectivity index (χ4v) is 3.20. The van der Waals surface area contributed by atoms with Crippen molar-refractivity contribution in [3.8, 4) is 0 Å². The second-order valence-corrected chi connectivity index (χ2v) is 5.27. The highest BCUT2D eigenvalue weighted by molar-refractivity contribution is 4.93. The van der Waals surface area contributed by atoms with Crippen molar-refractivity contribution in [1.82, 2.24) is 5.32 Å². The summed E-state index contributed by atoms with van der Waals surface area (Å²) in [4.78, 5) is 0. The standard InChI is InChI=1S/C13H25NO2/c1-3-4-12(14-2)11-5-7-16-13(9-11)6-8-15-10-13/h11-12,14H,3-10H2,1-2H3. The molecule has 0 aliphatic carbocycles. The maximum absolute atomic E-state index is 5.98. The van der Waals surface area contributed by atoms with Crippen LogP contribution in [-0.2, 0) is 9.47 Å². The van der Waals surface area contributed by atoms with Gasteiger partial charge in [-0.1, -0.05) is 13.3 Å². The van der Waals surface area contributed by atoms with Gasteiger partial charge in [0, 0.05) is 25.7 Å². The average molecular weight is 227 g/mol. The maximum atomic E-state index is 5.98. The summed E-state index contributed by atoms with van der Waals surface area (Å²) in [6.45, 7) is 4.87. The summed E-state index contributed by atoms with van der Waals surface area (Å²) in [6.07, 6.45) is 6.00. The Labute approximate surface area is 98.9 Å². The first kappa shape index (κ1) is 12.3. The zero-order valence-corrected chi connectivity index (χ0v) is 10.6. The third kappa shape index (κ3) is 2.58. The van der Waals surface area contributed by atoms with Crippen LogP contribution >= 0.6 is 0 Å². The van der Waals surface area contributed by atoms with E-state index in [0.29, 0.717) is 6.04 Å². The van der Waals surface area contributed by atoms with Crippen LogP contribution in [0.2, 0.25) is 0 Å². The van der Waals surface area contributed by atoms with E-state index in [-0.39, 0.29) is 5.60 Å². The van der Waals surface area contributed by atoms with Gasteiger partial charge >= 0.3 is 0 Å². The molecular weight excluding hydrogens is 202 g/mol.